The molecule has 0 radical (unpaired) electrons. The number of nitrogens with two attached hydrogens (primary N) is 1. The third kappa shape index (κ3) is 8.12. The molecule has 42 heavy (non-hydrogen) atoms. The molecule has 1 heterocycles. The lowest BCUT2D eigenvalue weighted by molar-refractivity contribution is -0.134. The highest BCUT2D eigenvalue weighted by Crippen LogP contribution is 2.26. The van der Waals surface area contributed by atoms with Crippen molar-refractivity contribution in [2.24, 2.45) is 17.8 Å². The first-order valence-corrected chi connectivity index (χ1v) is 16.1. The van der Waals surface area contributed by atoms with Gasteiger partial charge in [-0.15, -0.1) is 0 Å². The van der Waals surface area contributed by atoms with Crippen molar-refractivity contribution in [3.63, 3.8) is 0 Å². The maximum absolute atomic E-state index is 13.7. The third-order valence-electron chi connectivity index (χ3n) is 7.78. The molecule has 0 bridgehead atoms. The summed E-state index contributed by atoms with van der Waals surface area (Å²) in [6.45, 7) is 11.1. The van der Waals surface area contributed by atoms with Gasteiger partial charge in [-0.3, -0.25) is 4.79 Å². The van der Waals surface area contributed by atoms with Crippen LogP contribution in [0.5, 0.6) is 5.75 Å². The van der Waals surface area contributed by atoms with Crippen molar-refractivity contribution in [1.82, 2.24) is 14.5 Å². The lowest BCUT2D eigenvalue weighted by atomic mass is 9.94. The maximum Gasteiger partial charge on any atom is 0.260 e. The van der Waals surface area contributed by atoms with Crippen molar-refractivity contribution in [2.75, 3.05) is 45.1 Å². The molecule has 3 N–H and O–H groups in total. The summed E-state index contributed by atoms with van der Waals surface area (Å²) in [4.78, 5) is 15.7. The molecule has 3 aromatic rings. The number of anilines is 1. The zero-order valence-electron chi connectivity index (χ0n) is 25.1. The lowest BCUT2D eigenvalue weighted by Gasteiger charge is -2.32. The Labute approximate surface area is 250 Å². The predicted octanol–water partition coefficient (Wildman–Crippen LogP) is 4.48. The first-order chi connectivity index (χ1) is 20.0. The van der Waals surface area contributed by atoms with Crippen molar-refractivity contribution in [3.05, 3.63) is 89.5 Å². The first-order valence-electron chi connectivity index (χ1n) is 14.6. The summed E-state index contributed by atoms with van der Waals surface area (Å²) < 4.78 is 35.1. The Morgan fingerprint density at radius 3 is 2.17 bits per heavy atom. The molecule has 2 unspecified atom stereocenters. The number of nitrogen functional groups attached to an aromatic ring is 1. The second-order valence-electron chi connectivity index (χ2n) is 11.7. The average Bonchev–Trinajstić information content (AvgIpc) is 3.39. The van der Waals surface area contributed by atoms with Crippen LogP contribution in [0.15, 0.2) is 77.7 Å². The maximum atomic E-state index is 13.7. The van der Waals surface area contributed by atoms with Gasteiger partial charge in [0, 0.05) is 38.4 Å². The van der Waals surface area contributed by atoms with Crippen LogP contribution in [-0.4, -0.2) is 62.9 Å². The number of amides is 1. The van der Waals surface area contributed by atoms with Gasteiger partial charge < -0.3 is 20.7 Å². The summed E-state index contributed by atoms with van der Waals surface area (Å²) in [5.41, 5.74) is 9.35. The summed E-state index contributed by atoms with van der Waals surface area (Å²) in [6.07, 6.45) is 0. The fourth-order valence-electron chi connectivity index (χ4n) is 5.54. The molecule has 0 saturated carbocycles. The molecule has 0 spiro atoms. The standard InChI is InChI=1S/C33H44N4O4S/c1-24(2)19-37(42(39,40)31-15-13-30(34)14-16-31)22-29-18-35-17-28(29)21-36(20-27-11-6-5-7-12-27)32(38)23-41-33-25(3)9-8-10-26(33)4/h5-16,24,28-29,35H,17-23,34H2,1-4H3. The van der Waals surface area contributed by atoms with Crippen molar-refractivity contribution >= 4 is 21.6 Å². The van der Waals surface area contributed by atoms with Gasteiger partial charge in [0.15, 0.2) is 6.61 Å². The van der Waals surface area contributed by atoms with E-state index in [1.54, 1.807) is 28.6 Å². The molecule has 0 aromatic heterocycles. The topological polar surface area (TPSA) is 105 Å². The Morgan fingerprint density at radius 2 is 1.55 bits per heavy atom. The van der Waals surface area contributed by atoms with E-state index in [4.69, 9.17) is 10.5 Å². The minimum Gasteiger partial charge on any atom is -0.483 e. The molecule has 4 rings (SSSR count). The molecule has 226 valence electrons. The predicted molar refractivity (Wildman–Crippen MR) is 168 cm³/mol. The number of nitrogens with one attached hydrogen (secondary N) is 1. The summed E-state index contributed by atoms with van der Waals surface area (Å²) in [6, 6.07) is 22.2. The Morgan fingerprint density at radius 1 is 0.929 bits per heavy atom. The minimum absolute atomic E-state index is 0.0397. The van der Waals surface area contributed by atoms with Gasteiger partial charge in [-0.25, -0.2) is 8.42 Å². The summed E-state index contributed by atoms with van der Waals surface area (Å²) in [7, 11) is -3.72. The van der Waals surface area contributed by atoms with Gasteiger partial charge in [-0.2, -0.15) is 4.31 Å². The Kier molecular flexibility index (Phi) is 10.6. The number of rotatable bonds is 13. The Balaban J connectivity index is 1.52. The van der Waals surface area contributed by atoms with Crippen molar-refractivity contribution in [1.29, 1.82) is 0 Å². The SMILES string of the molecule is Cc1cccc(C)c1OCC(=O)N(Cc1ccccc1)CC1CNCC1CN(CC(C)C)S(=O)(=O)c1ccc(N)cc1. The van der Waals surface area contributed by atoms with Crippen LogP contribution in [0, 0.1) is 31.6 Å². The van der Waals surface area contributed by atoms with Crippen LogP contribution < -0.4 is 15.8 Å². The molecule has 0 aliphatic carbocycles. The highest BCUT2D eigenvalue weighted by atomic mass is 32.2. The minimum atomic E-state index is -3.72. The molecule has 1 fully saturated rings. The normalized spacial score (nSPS) is 17.1. The molecule has 1 aliphatic rings. The van der Waals surface area contributed by atoms with E-state index in [9.17, 15) is 13.2 Å². The van der Waals surface area contributed by atoms with E-state index in [0.717, 1.165) is 22.4 Å². The fourth-order valence-corrected chi connectivity index (χ4v) is 7.20. The van der Waals surface area contributed by atoms with Crippen LogP contribution in [0.2, 0.25) is 0 Å². The lowest BCUT2D eigenvalue weighted by Crippen LogP contribution is -2.43. The summed E-state index contributed by atoms with van der Waals surface area (Å²) >= 11 is 0. The molecule has 1 aliphatic heterocycles. The van der Waals surface area contributed by atoms with Gasteiger partial charge in [-0.05, 0) is 79.1 Å². The van der Waals surface area contributed by atoms with Gasteiger partial charge in [-0.1, -0.05) is 62.4 Å². The zero-order chi connectivity index (χ0) is 30.3. The van der Waals surface area contributed by atoms with Gasteiger partial charge >= 0.3 is 0 Å². The molecular weight excluding hydrogens is 548 g/mol. The Hall–Kier alpha value is -3.40. The number of benzene rings is 3. The van der Waals surface area contributed by atoms with E-state index >= 15 is 0 Å². The van der Waals surface area contributed by atoms with E-state index in [1.165, 1.54) is 0 Å². The quantitative estimate of drug-likeness (QED) is 0.284. The van der Waals surface area contributed by atoms with Crippen LogP contribution in [0.25, 0.3) is 0 Å². The van der Waals surface area contributed by atoms with Gasteiger partial charge in [0.05, 0.1) is 4.90 Å². The summed E-state index contributed by atoms with van der Waals surface area (Å²) in [5, 5.41) is 3.45. The first kappa shape index (κ1) is 31.5. The molecule has 1 amide bonds. The summed E-state index contributed by atoms with van der Waals surface area (Å²) in [5.74, 6) is 0.912. The average molecular weight is 593 g/mol. The van der Waals surface area contributed by atoms with Crippen LogP contribution in [0.1, 0.15) is 30.5 Å². The van der Waals surface area contributed by atoms with Gasteiger partial charge in [0.1, 0.15) is 5.75 Å². The number of nitrogens with zero attached hydrogens (tertiary/aromatic N) is 2. The number of carbonyl (C=O) groups is 1. The van der Waals surface area contributed by atoms with E-state index in [2.05, 4.69) is 5.32 Å². The smallest absolute Gasteiger partial charge is 0.260 e. The second kappa shape index (κ2) is 14.2. The van der Waals surface area contributed by atoms with E-state index in [-0.39, 0.29) is 35.2 Å². The largest absolute Gasteiger partial charge is 0.483 e. The van der Waals surface area contributed by atoms with Crippen molar-refractivity contribution in [3.8, 4) is 5.75 Å². The van der Waals surface area contributed by atoms with Crippen molar-refractivity contribution < 1.29 is 17.9 Å². The number of hydrogen-bond acceptors (Lipinski definition) is 6. The van der Waals surface area contributed by atoms with Crippen LogP contribution in [0.3, 0.4) is 0 Å². The van der Waals surface area contributed by atoms with Crippen molar-refractivity contribution in [2.45, 2.75) is 39.1 Å². The third-order valence-corrected chi connectivity index (χ3v) is 9.62. The number of hydrogen-bond donors (Lipinski definition) is 2. The number of carbonyl (C=O) groups excluding carboxylic acids is 1. The Bertz CT molecular complexity index is 1410. The van der Waals surface area contributed by atoms with Gasteiger partial charge in [0.2, 0.25) is 10.0 Å². The highest BCUT2D eigenvalue weighted by molar-refractivity contribution is 7.89. The fraction of sp³-hybridized carbons (Fsp3) is 0.424. The molecule has 2 atom stereocenters. The molecule has 8 nitrogen and oxygen atoms in total. The molecular formula is C33H44N4O4S. The van der Waals surface area contributed by atoms with Crippen LogP contribution in [-0.2, 0) is 21.4 Å². The molecule has 9 heteroatoms. The van der Waals surface area contributed by atoms with E-state index in [1.807, 2.05) is 81.1 Å². The molecule has 1 saturated heterocycles. The monoisotopic (exact) mass is 592 g/mol. The van der Waals surface area contributed by atoms with Crippen LogP contribution in [0.4, 0.5) is 5.69 Å². The number of ether oxygens (including phenoxy) is 1. The molecule has 3 aromatic carbocycles. The zero-order valence-corrected chi connectivity index (χ0v) is 25.9. The van der Waals surface area contributed by atoms with Gasteiger partial charge in [0.25, 0.3) is 5.91 Å². The van der Waals surface area contributed by atoms with E-state index < -0.39 is 10.0 Å². The number of aryl methyl sites for hydroxylation is 2. The number of sulfonamides is 1. The second-order valence-corrected chi connectivity index (χ2v) is 13.7. The number of para-hydroxylation sites is 1. The highest BCUT2D eigenvalue weighted by Gasteiger charge is 2.35. The van der Waals surface area contributed by atoms with E-state index in [0.29, 0.717) is 45.0 Å². The van der Waals surface area contributed by atoms with Crippen LogP contribution >= 0.6 is 0 Å².